The highest BCUT2D eigenvalue weighted by molar-refractivity contribution is 6.02. The first-order valence-electron chi connectivity index (χ1n) is 10.7. The molecule has 0 unspecified atom stereocenters. The van der Waals surface area contributed by atoms with Gasteiger partial charge in [0.2, 0.25) is 0 Å². The summed E-state index contributed by atoms with van der Waals surface area (Å²) < 4.78 is 2.43. The molecule has 0 saturated carbocycles. The van der Waals surface area contributed by atoms with E-state index in [1.165, 1.54) is 44.5 Å². The molecule has 148 valence electrons. The summed E-state index contributed by atoms with van der Waals surface area (Å²) in [4.78, 5) is 0. The Morgan fingerprint density at radius 3 is 2.47 bits per heavy atom. The van der Waals surface area contributed by atoms with Gasteiger partial charge in [0, 0.05) is 27.6 Å². The molecule has 0 saturated heterocycles. The maximum atomic E-state index is 2.43. The van der Waals surface area contributed by atoms with Crippen LogP contribution in [-0.2, 0) is 0 Å². The van der Waals surface area contributed by atoms with E-state index < -0.39 is 0 Å². The standard InChI is InChI=1S/C29H27N/c1-21-9-7-11-22-15-16-26-25-17-19-29(2,3)20-18-27(25)30(23-12-5-4-6-13-23)28(26)24(22)14-8-10-21/h4-8,10-20H,9H2,1-3H3/b11-7-,14-8-,21-10-. The van der Waals surface area contributed by atoms with Gasteiger partial charge in [-0.2, -0.15) is 0 Å². The van der Waals surface area contributed by atoms with Crippen LogP contribution in [0.2, 0.25) is 0 Å². The Balaban J connectivity index is 1.91. The number of rotatable bonds is 1. The quantitative estimate of drug-likeness (QED) is 0.396. The van der Waals surface area contributed by atoms with Crippen molar-refractivity contribution in [2.45, 2.75) is 27.2 Å². The van der Waals surface area contributed by atoms with Crippen LogP contribution >= 0.6 is 0 Å². The van der Waals surface area contributed by atoms with Gasteiger partial charge in [-0.15, -0.1) is 0 Å². The Kier molecular flexibility index (Phi) is 4.47. The molecule has 0 fully saturated rings. The third-order valence-electron chi connectivity index (χ3n) is 6.03. The molecule has 0 atom stereocenters. The topological polar surface area (TPSA) is 4.93 Å². The van der Waals surface area contributed by atoms with E-state index in [0.29, 0.717) is 0 Å². The highest BCUT2D eigenvalue weighted by atomic mass is 15.0. The molecule has 0 spiro atoms. The van der Waals surface area contributed by atoms with Gasteiger partial charge in [-0.1, -0.05) is 98.4 Å². The molecule has 2 aliphatic carbocycles. The lowest BCUT2D eigenvalue weighted by atomic mass is 9.93. The average molecular weight is 390 g/mol. The van der Waals surface area contributed by atoms with Crippen LogP contribution in [-0.4, -0.2) is 4.57 Å². The van der Waals surface area contributed by atoms with Gasteiger partial charge in [0.25, 0.3) is 0 Å². The molecule has 0 bridgehead atoms. The number of aromatic nitrogens is 1. The van der Waals surface area contributed by atoms with Gasteiger partial charge < -0.3 is 4.57 Å². The zero-order valence-corrected chi connectivity index (χ0v) is 17.9. The summed E-state index contributed by atoms with van der Waals surface area (Å²) >= 11 is 0. The van der Waals surface area contributed by atoms with Crippen molar-refractivity contribution in [3.8, 4) is 5.69 Å². The van der Waals surface area contributed by atoms with Gasteiger partial charge in [0.05, 0.1) is 11.2 Å². The van der Waals surface area contributed by atoms with Gasteiger partial charge in [-0.05, 0) is 37.1 Å². The van der Waals surface area contributed by atoms with Crippen LogP contribution in [0.3, 0.4) is 0 Å². The van der Waals surface area contributed by atoms with Crippen LogP contribution in [0.15, 0.2) is 78.4 Å². The summed E-state index contributed by atoms with van der Waals surface area (Å²) in [6.45, 7) is 6.69. The number of hydrogen-bond donors (Lipinski definition) is 0. The van der Waals surface area contributed by atoms with E-state index in [2.05, 4.69) is 122 Å². The molecule has 0 aliphatic heterocycles. The minimum absolute atomic E-state index is 0.0410. The van der Waals surface area contributed by atoms with Gasteiger partial charge in [0.15, 0.2) is 0 Å². The molecular weight excluding hydrogens is 362 g/mol. The second-order valence-electron chi connectivity index (χ2n) is 8.90. The molecule has 1 aromatic heterocycles. The molecule has 5 rings (SSSR count). The first-order valence-corrected chi connectivity index (χ1v) is 10.7. The largest absolute Gasteiger partial charge is 0.309 e. The predicted molar refractivity (Wildman–Crippen MR) is 132 cm³/mol. The number of fused-ring (bicyclic) bond motifs is 5. The number of benzene rings is 2. The fourth-order valence-electron chi connectivity index (χ4n) is 4.36. The van der Waals surface area contributed by atoms with Crippen LogP contribution in [0.1, 0.15) is 49.6 Å². The van der Waals surface area contributed by atoms with Crippen molar-refractivity contribution in [3.63, 3.8) is 0 Å². The first-order chi connectivity index (χ1) is 14.5. The average Bonchev–Trinajstić information content (AvgIpc) is 3.01. The fraction of sp³-hybridized carbons (Fsp3) is 0.172. The Bertz CT molecular complexity index is 1270. The predicted octanol–water partition coefficient (Wildman–Crippen LogP) is 8.07. The lowest BCUT2D eigenvalue weighted by Gasteiger charge is -2.14. The van der Waals surface area contributed by atoms with Gasteiger partial charge >= 0.3 is 0 Å². The molecule has 1 nitrogen and oxygen atoms in total. The SMILES string of the molecule is C/C1=C/C=C\c2c(ccc3c4c(n(-c5ccccc5)c23)C=CC(C)(C)C=C4)/C=C\C1. The molecule has 3 aromatic rings. The lowest BCUT2D eigenvalue weighted by Crippen LogP contribution is -2.01. The minimum Gasteiger partial charge on any atom is -0.309 e. The molecule has 0 radical (unpaired) electrons. The van der Waals surface area contributed by atoms with Gasteiger partial charge in [-0.3, -0.25) is 0 Å². The van der Waals surface area contributed by atoms with Crippen LogP contribution in [0, 0.1) is 5.41 Å². The summed E-state index contributed by atoms with van der Waals surface area (Å²) in [6.07, 6.45) is 21.4. The molecule has 2 aromatic carbocycles. The molecule has 2 aliphatic rings. The molecule has 0 amide bonds. The van der Waals surface area contributed by atoms with Crippen molar-refractivity contribution in [2.75, 3.05) is 0 Å². The van der Waals surface area contributed by atoms with Crippen LogP contribution < -0.4 is 0 Å². The summed E-state index contributed by atoms with van der Waals surface area (Å²) in [7, 11) is 0. The van der Waals surface area contributed by atoms with Crippen LogP contribution in [0.5, 0.6) is 0 Å². The van der Waals surface area contributed by atoms with E-state index in [0.717, 1.165) is 6.42 Å². The van der Waals surface area contributed by atoms with Crippen molar-refractivity contribution in [1.82, 2.24) is 4.57 Å². The number of hydrogen-bond acceptors (Lipinski definition) is 0. The summed E-state index contributed by atoms with van der Waals surface area (Å²) in [5, 5.41) is 1.30. The maximum Gasteiger partial charge on any atom is 0.0619 e. The second kappa shape index (κ2) is 7.18. The van der Waals surface area contributed by atoms with Crippen molar-refractivity contribution in [3.05, 3.63) is 101 Å². The summed E-state index contributed by atoms with van der Waals surface area (Å²) in [6, 6.07) is 15.3. The third kappa shape index (κ3) is 3.21. The molecular formula is C29H27N. The fourth-order valence-corrected chi connectivity index (χ4v) is 4.36. The Hall–Kier alpha value is -3.32. The van der Waals surface area contributed by atoms with E-state index in [1.807, 2.05) is 0 Å². The van der Waals surface area contributed by atoms with Crippen molar-refractivity contribution in [2.24, 2.45) is 5.41 Å². The zero-order valence-electron chi connectivity index (χ0n) is 17.9. The smallest absolute Gasteiger partial charge is 0.0619 e. The molecule has 1 heterocycles. The van der Waals surface area contributed by atoms with Crippen molar-refractivity contribution in [1.29, 1.82) is 0 Å². The first kappa shape index (κ1) is 18.7. The van der Waals surface area contributed by atoms with Crippen LogP contribution in [0.25, 0.3) is 40.9 Å². The Morgan fingerprint density at radius 1 is 0.833 bits per heavy atom. The van der Waals surface area contributed by atoms with Crippen LogP contribution in [0.4, 0.5) is 0 Å². The molecule has 1 heteroatoms. The minimum atomic E-state index is 0.0410. The second-order valence-corrected chi connectivity index (χ2v) is 8.90. The summed E-state index contributed by atoms with van der Waals surface area (Å²) in [5.41, 5.74) is 8.95. The third-order valence-corrected chi connectivity index (χ3v) is 6.03. The van der Waals surface area contributed by atoms with E-state index in [4.69, 9.17) is 0 Å². The summed E-state index contributed by atoms with van der Waals surface area (Å²) in [5.74, 6) is 0. The van der Waals surface area contributed by atoms with E-state index in [-0.39, 0.29) is 5.41 Å². The monoisotopic (exact) mass is 389 g/mol. The number of para-hydroxylation sites is 1. The number of nitrogens with zero attached hydrogens (tertiary/aromatic N) is 1. The Morgan fingerprint density at radius 2 is 1.63 bits per heavy atom. The zero-order chi connectivity index (χ0) is 20.7. The lowest BCUT2D eigenvalue weighted by molar-refractivity contribution is 0.633. The van der Waals surface area contributed by atoms with Crippen molar-refractivity contribution < 1.29 is 0 Å². The van der Waals surface area contributed by atoms with E-state index in [9.17, 15) is 0 Å². The maximum absolute atomic E-state index is 2.43. The van der Waals surface area contributed by atoms with E-state index in [1.54, 1.807) is 0 Å². The highest BCUT2D eigenvalue weighted by Gasteiger charge is 2.22. The Labute approximate surface area is 179 Å². The van der Waals surface area contributed by atoms with E-state index >= 15 is 0 Å². The highest BCUT2D eigenvalue weighted by Crippen LogP contribution is 2.39. The normalized spacial score (nSPS) is 20.8. The number of allylic oxidation sites excluding steroid dienone is 6. The molecule has 30 heavy (non-hydrogen) atoms. The molecule has 0 N–H and O–H groups in total. The van der Waals surface area contributed by atoms with Gasteiger partial charge in [-0.25, -0.2) is 0 Å². The van der Waals surface area contributed by atoms with Crippen molar-refractivity contribution >= 4 is 35.2 Å². The van der Waals surface area contributed by atoms with Gasteiger partial charge in [0.1, 0.15) is 0 Å².